The number of hydrogen-bond acceptors (Lipinski definition) is 8. The summed E-state index contributed by atoms with van der Waals surface area (Å²) in [5, 5.41) is 4.18. The van der Waals surface area contributed by atoms with Gasteiger partial charge in [-0.2, -0.15) is 15.0 Å². The summed E-state index contributed by atoms with van der Waals surface area (Å²) in [7, 11) is 1.79. The fraction of sp³-hybridized carbons (Fsp3) is 0.462. The highest BCUT2D eigenvalue weighted by Crippen LogP contribution is 2.23. The van der Waals surface area contributed by atoms with Gasteiger partial charge in [-0.25, -0.2) is 9.97 Å². The van der Waals surface area contributed by atoms with Crippen LogP contribution in [0.4, 0.5) is 11.9 Å². The number of anilines is 2. The van der Waals surface area contributed by atoms with Gasteiger partial charge in [0.2, 0.25) is 17.1 Å². The molecule has 2 rings (SSSR count). The molecule has 8 heteroatoms. The number of rotatable bonds is 6. The Morgan fingerprint density at radius 2 is 1.86 bits per heavy atom. The summed E-state index contributed by atoms with van der Waals surface area (Å²) < 4.78 is 0. The predicted octanol–water partition coefficient (Wildman–Crippen LogP) is 2.01. The molecule has 21 heavy (non-hydrogen) atoms. The van der Waals surface area contributed by atoms with Gasteiger partial charge >= 0.3 is 0 Å². The number of aryl methyl sites for hydroxylation is 1. The van der Waals surface area contributed by atoms with Crippen molar-refractivity contribution in [2.75, 3.05) is 30.4 Å². The Morgan fingerprint density at radius 1 is 1.10 bits per heavy atom. The van der Waals surface area contributed by atoms with Crippen LogP contribution in [0.5, 0.6) is 0 Å². The lowest BCUT2D eigenvalue weighted by Gasteiger charge is -2.19. The average molecular weight is 305 g/mol. The zero-order valence-electron chi connectivity index (χ0n) is 12.7. The fourth-order valence-electron chi connectivity index (χ4n) is 1.71. The molecule has 0 radical (unpaired) electrons. The number of hydrogen-bond donors (Lipinski definition) is 1. The molecule has 0 unspecified atom stereocenters. The van der Waals surface area contributed by atoms with E-state index < -0.39 is 0 Å². The van der Waals surface area contributed by atoms with Crippen molar-refractivity contribution in [3.05, 3.63) is 18.0 Å². The minimum Gasteiger partial charge on any atom is -0.357 e. The maximum atomic E-state index is 4.49. The molecule has 0 atom stereocenters. The van der Waals surface area contributed by atoms with Crippen LogP contribution in [-0.4, -0.2) is 45.1 Å². The van der Waals surface area contributed by atoms with Gasteiger partial charge in [-0.1, -0.05) is 0 Å². The molecule has 2 heterocycles. The Hall–Kier alpha value is -1.96. The first kappa shape index (κ1) is 15.4. The number of aromatic nitrogens is 5. The summed E-state index contributed by atoms with van der Waals surface area (Å²) in [4.78, 5) is 23.9. The van der Waals surface area contributed by atoms with Crippen molar-refractivity contribution in [1.29, 1.82) is 0 Å². The molecule has 0 aliphatic carbocycles. The molecule has 2 aromatic rings. The van der Waals surface area contributed by atoms with Crippen molar-refractivity contribution in [3.63, 3.8) is 0 Å². The summed E-state index contributed by atoms with van der Waals surface area (Å²) in [6, 6.07) is 1.86. The molecule has 1 N–H and O–H groups in total. The normalized spacial score (nSPS) is 10.5. The Bertz CT molecular complexity index is 601. The summed E-state index contributed by atoms with van der Waals surface area (Å²) >= 11 is 1.33. The minimum absolute atomic E-state index is 0.544. The van der Waals surface area contributed by atoms with Crippen molar-refractivity contribution >= 4 is 23.7 Å². The summed E-state index contributed by atoms with van der Waals surface area (Å²) in [6.45, 7) is 7.76. The highest BCUT2D eigenvalue weighted by atomic mass is 32.2. The Morgan fingerprint density at radius 3 is 2.48 bits per heavy atom. The van der Waals surface area contributed by atoms with E-state index in [4.69, 9.17) is 0 Å². The molecule has 0 bridgehead atoms. The van der Waals surface area contributed by atoms with Crippen LogP contribution >= 0.6 is 11.8 Å². The van der Waals surface area contributed by atoms with Crippen LogP contribution in [0, 0.1) is 6.92 Å². The molecule has 0 saturated heterocycles. The molecular formula is C13H19N7S. The summed E-state index contributed by atoms with van der Waals surface area (Å²) in [6.07, 6.45) is 1.73. The monoisotopic (exact) mass is 305 g/mol. The molecule has 0 fully saturated rings. The van der Waals surface area contributed by atoms with E-state index in [1.165, 1.54) is 11.8 Å². The Kier molecular flexibility index (Phi) is 5.26. The fourth-order valence-corrected chi connectivity index (χ4v) is 2.43. The number of nitrogens with one attached hydrogen (secondary N) is 1. The van der Waals surface area contributed by atoms with Crippen molar-refractivity contribution in [2.24, 2.45) is 0 Å². The molecule has 0 aliphatic heterocycles. The van der Waals surface area contributed by atoms with E-state index in [2.05, 4.69) is 49.0 Å². The molecule has 2 aromatic heterocycles. The standard InChI is InChI=1S/C13H19N7S/c1-5-20(6-2)11-17-10(14-4)18-13(19-11)21-12-15-8-7-9(3)16-12/h7-8H,5-6H2,1-4H3,(H,14,17,18,19). The van der Waals surface area contributed by atoms with Gasteiger partial charge in [-0.05, 0) is 38.6 Å². The van der Waals surface area contributed by atoms with Gasteiger partial charge in [0.15, 0.2) is 5.16 Å². The largest absolute Gasteiger partial charge is 0.357 e. The van der Waals surface area contributed by atoms with Gasteiger partial charge in [0.25, 0.3) is 0 Å². The number of nitrogens with zero attached hydrogens (tertiary/aromatic N) is 6. The van der Waals surface area contributed by atoms with Gasteiger partial charge in [-0.3, -0.25) is 0 Å². The summed E-state index contributed by atoms with van der Waals surface area (Å²) in [5.41, 5.74) is 0.916. The van der Waals surface area contributed by atoms with Crippen LogP contribution in [0.15, 0.2) is 22.6 Å². The minimum atomic E-state index is 0.544. The van der Waals surface area contributed by atoms with Gasteiger partial charge in [0, 0.05) is 32.0 Å². The first-order valence-corrected chi connectivity index (χ1v) is 7.64. The van der Waals surface area contributed by atoms with E-state index in [9.17, 15) is 0 Å². The van der Waals surface area contributed by atoms with Gasteiger partial charge in [0.1, 0.15) is 0 Å². The lowest BCUT2D eigenvalue weighted by atomic mass is 10.5. The van der Waals surface area contributed by atoms with Crippen LogP contribution in [0.25, 0.3) is 0 Å². The molecule has 0 amide bonds. The first-order valence-electron chi connectivity index (χ1n) is 6.82. The van der Waals surface area contributed by atoms with E-state index >= 15 is 0 Å². The second-order valence-corrected chi connectivity index (χ2v) is 5.18. The van der Waals surface area contributed by atoms with E-state index in [-0.39, 0.29) is 0 Å². The van der Waals surface area contributed by atoms with Gasteiger partial charge in [-0.15, -0.1) is 0 Å². The molecule has 0 aliphatic rings. The third-order valence-electron chi connectivity index (χ3n) is 2.83. The van der Waals surface area contributed by atoms with E-state index in [0.717, 1.165) is 18.8 Å². The Labute approximate surface area is 128 Å². The molecule has 0 aromatic carbocycles. The smallest absolute Gasteiger partial charge is 0.231 e. The zero-order valence-corrected chi connectivity index (χ0v) is 13.5. The zero-order chi connectivity index (χ0) is 15.2. The van der Waals surface area contributed by atoms with Crippen LogP contribution in [-0.2, 0) is 0 Å². The second kappa shape index (κ2) is 7.16. The van der Waals surface area contributed by atoms with Crippen LogP contribution in [0.2, 0.25) is 0 Å². The van der Waals surface area contributed by atoms with Crippen molar-refractivity contribution in [1.82, 2.24) is 24.9 Å². The van der Waals surface area contributed by atoms with Crippen molar-refractivity contribution in [3.8, 4) is 0 Å². The highest BCUT2D eigenvalue weighted by molar-refractivity contribution is 7.99. The molecule has 7 nitrogen and oxygen atoms in total. The van der Waals surface area contributed by atoms with Crippen LogP contribution < -0.4 is 10.2 Å². The molecule has 0 spiro atoms. The summed E-state index contributed by atoms with van der Waals surface area (Å²) in [5.74, 6) is 1.21. The third-order valence-corrected chi connectivity index (χ3v) is 3.57. The quantitative estimate of drug-likeness (QED) is 0.812. The lowest BCUT2D eigenvalue weighted by molar-refractivity contribution is 0.783. The first-order chi connectivity index (χ1) is 10.2. The van der Waals surface area contributed by atoms with Crippen LogP contribution in [0.1, 0.15) is 19.5 Å². The molecule has 0 saturated carbocycles. The van der Waals surface area contributed by atoms with E-state index in [1.54, 1.807) is 13.2 Å². The van der Waals surface area contributed by atoms with E-state index in [1.807, 2.05) is 13.0 Å². The maximum absolute atomic E-state index is 4.49. The molecular weight excluding hydrogens is 286 g/mol. The van der Waals surface area contributed by atoms with Crippen LogP contribution in [0.3, 0.4) is 0 Å². The maximum Gasteiger partial charge on any atom is 0.231 e. The second-order valence-electron chi connectivity index (χ2n) is 4.25. The highest BCUT2D eigenvalue weighted by Gasteiger charge is 2.12. The SMILES string of the molecule is CCN(CC)c1nc(NC)nc(Sc2nccc(C)n2)n1. The lowest BCUT2D eigenvalue weighted by Crippen LogP contribution is -2.25. The topological polar surface area (TPSA) is 79.7 Å². The van der Waals surface area contributed by atoms with Gasteiger partial charge in [0.05, 0.1) is 0 Å². The van der Waals surface area contributed by atoms with E-state index in [0.29, 0.717) is 22.2 Å². The Balaban J connectivity index is 2.32. The average Bonchev–Trinajstić information content (AvgIpc) is 2.48. The third kappa shape index (κ3) is 4.01. The van der Waals surface area contributed by atoms with Crippen molar-refractivity contribution < 1.29 is 0 Å². The molecule has 112 valence electrons. The van der Waals surface area contributed by atoms with Crippen molar-refractivity contribution in [2.45, 2.75) is 31.1 Å². The predicted molar refractivity (Wildman–Crippen MR) is 83.8 cm³/mol. The van der Waals surface area contributed by atoms with Gasteiger partial charge < -0.3 is 10.2 Å².